The minimum Gasteiger partial charge on any atom is -0.494 e. The number of carbonyl (C=O) groups excluding carboxylic acids is 1. The van der Waals surface area contributed by atoms with Gasteiger partial charge in [-0.25, -0.2) is 9.97 Å². The molecule has 0 bridgehead atoms. The third-order valence-electron chi connectivity index (χ3n) is 3.96. The van der Waals surface area contributed by atoms with Gasteiger partial charge in [0.05, 0.1) is 18.8 Å². The molecule has 0 radical (unpaired) electrons. The van der Waals surface area contributed by atoms with Crippen LogP contribution in [0.3, 0.4) is 0 Å². The molecule has 0 atom stereocenters. The van der Waals surface area contributed by atoms with Gasteiger partial charge in [0.25, 0.3) is 0 Å². The Morgan fingerprint density at radius 2 is 1.68 bits per heavy atom. The lowest BCUT2D eigenvalue weighted by Crippen LogP contribution is -2.03. The fourth-order valence-corrected chi connectivity index (χ4v) is 2.66. The number of rotatable bonds is 8. The third kappa shape index (κ3) is 4.82. The van der Waals surface area contributed by atoms with Crippen molar-refractivity contribution in [3.05, 3.63) is 78.1 Å². The average molecular weight is 374 g/mol. The van der Waals surface area contributed by atoms with Crippen LogP contribution in [-0.4, -0.2) is 29.0 Å². The molecule has 5 nitrogen and oxygen atoms in total. The van der Waals surface area contributed by atoms with Gasteiger partial charge in [-0.1, -0.05) is 30.3 Å². The van der Waals surface area contributed by atoms with Crippen molar-refractivity contribution in [2.24, 2.45) is 0 Å². The molecule has 0 spiro atoms. The highest BCUT2D eigenvalue weighted by molar-refractivity contribution is 6.08. The lowest BCUT2D eigenvalue weighted by molar-refractivity contribution is 0.104. The fraction of sp³-hybridized carbons (Fsp3) is 0.174. The third-order valence-corrected chi connectivity index (χ3v) is 3.96. The zero-order valence-corrected chi connectivity index (χ0v) is 16.0. The molecule has 3 aromatic rings. The zero-order valence-electron chi connectivity index (χ0n) is 16.0. The molecule has 2 aromatic carbocycles. The number of carbonyl (C=O) groups is 1. The Labute approximate surface area is 164 Å². The summed E-state index contributed by atoms with van der Waals surface area (Å²) in [5.41, 5.74) is 2.15. The molecule has 1 heterocycles. The second kappa shape index (κ2) is 9.46. The number of benzene rings is 2. The minimum atomic E-state index is -0.169. The highest BCUT2D eigenvalue weighted by atomic mass is 16.5. The van der Waals surface area contributed by atoms with E-state index in [9.17, 15) is 4.79 Å². The topological polar surface area (TPSA) is 61.3 Å². The predicted molar refractivity (Wildman–Crippen MR) is 110 cm³/mol. The van der Waals surface area contributed by atoms with Gasteiger partial charge in [-0.2, -0.15) is 0 Å². The number of aromatic nitrogens is 2. The summed E-state index contributed by atoms with van der Waals surface area (Å²) in [6.07, 6.45) is 6.58. The summed E-state index contributed by atoms with van der Waals surface area (Å²) in [6, 6.07) is 15.0. The first-order chi connectivity index (χ1) is 13.7. The van der Waals surface area contributed by atoms with Crippen molar-refractivity contribution >= 4 is 11.9 Å². The first kappa shape index (κ1) is 19.3. The van der Waals surface area contributed by atoms with Crippen molar-refractivity contribution in [1.82, 2.24) is 9.97 Å². The normalized spacial score (nSPS) is 10.8. The minimum absolute atomic E-state index is 0.169. The molecule has 28 heavy (non-hydrogen) atoms. The summed E-state index contributed by atoms with van der Waals surface area (Å²) >= 11 is 0. The van der Waals surface area contributed by atoms with Gasteiger partial charge in [0.15, 0.2) is 11.6 Å². The van der Waals surface area contributed by atoms with Crippen LogP contribution in [-0.2, 0) is 0 Å². The number of nitrogens with zero attached hydrogens (tertiary/aromatic N) is 2. The van der Waals surface area contributed by atoms with Gasteiger partial charge in [-0.15, -0.1) is 0 Å². The molecule has 142 valence electrons. The largest absolute Gasteiger partial charge is 0.494 e. The van der Waals surface area contributed by atoms with Crippen LogP contribution in [0.15, 0.2) is 67.0 Å². The van der Waals surface area contributed by atoms with Gasteiger partial charge in [0.2, 0.25) is 0 Å². The molecule has 0 aliphatic rings. The molecule has 5 heteroatoms. The number of ketones is 1. The van der Waals surface area contributed by atoms with E-state index in [0.717, 1.165) is 11.1 Å². The van der Waals surface area contributed by atoms with Crippen molar-refractivity contribution in [3.63, 3.8) is 0 Å². The van der Waals surface area contributed by atoms with Crippen LogP contribution in [0.2, 0.25) is 0 Å². The van der Waals surface area contributed by atoms with E-state index in [-0.39, 0.29) is 5.78 Å². The second-order valence-electron chi connectivity index (χ2n) is 5.93. The first-order valence-corrected chi connectivity index (χ1v) is 9.20. The number of hydrogen-bond acceptors (Lipinski definition) is 5. The van der Waals surface area contributed by atoms with Gasteiger partial charge >= 0.3 is 0 Å². The van der Waals surface area contributed by atoms with Crippen molar-refractivity contribution < 1.29 is 14.3 Å². The maximum atomic E-state index is 12.7. The summed E-state index contributed by atoms with van der Waals surface area (Å²) in [7, 11) is 0. The molecular weight excluding hydrogens is 352 g/mol. The summed E-state index contributed by atoms with van der Waals surface area (Å²) in [6.45, 7) is 4.79. The predicted octanol–water partition coefficient (Wildman–Crippen LogP) is 4.84. The van der Waals surface area contributed by atoms with E-state index in [0.29, 0.717) is 36.1 Å². The smallest absolute Gasteiger partial charge is 0.189 e. The monoisotopic (exact) mass is 374 g/mol. The second-order valence-corrected chi connectivity index (χ2v) is 5.93. The van der Waals surface area contributed by atoms with E-state index in [1.54, 1.807) is 36.7 Å². The lowest BCUT2D eigenvalue weighted by Gasteiger charge is -2.10. The molecule has 0 saturated carbocycles. The maximum Gasteiger partial charge on any atom is 0.189 e. The van der Waals surface area contributed by atoms with E-state index in [1.165, 1.54) is 6.08 Å². The molecule has 0 aliphatic heterocycles. The zero-order chi connectivity index (χ0) is 19.8. The quantitative estimate of drug-likeness (QED) is 0.417. The van der Waals surface area contributed by atoms with Crippen molar-refractivity contribution in [2.45, 2.75) is 13.8 Å². The average Bonchev–Trinajstić information content (AvgIpc) is 2.74. The molecular formula is C23H22N2O3. The van der Waals surface area contributed by atoms with Crippen LogP contribution in [0.1, 0.15) is 29.8 Å². The fourth-order valence-electron chi connectivity index (χ4n) is 2.66. The van der Waals surface area contributed by atoms with E-state index < -0.39 is 0 Å². The molecule has 0 N–H and O–H groups in total. The van der Waals surface area contributed by atoms with Gasteiger partial charge in [-0.05, 0) is 44.2 Å². The Morgan fingerprint density at radius 3 is 2.36 bits per heavy atom. The Morgan fingerprint density at radius 1 is 0.964 bits per heavy atom. The van der Waals surface area contributed by atoms with E-state index >= 15 is 0 Å². The molecule has 3 rings (SSSR count). The first-order valence-electron chi connectivity index (χ1n) is 9.20. The van der Waals surface area contributed by atoms with Gasteiger partial charge in [0, 0.05) is 23.5 Å². The van der Waals surface area contributed by atoms with Crippen molar-refractivity contribution in [3.8, 4) is 22.9 Å². The molecule has 0 aliphatic carbocycles. The van der Waals surface area contributed by atoms with Crippen LogP contribution >= 0.6 is 0 Å². The van der Waals surface area contributed by atoms with Gasteiger partial charge in [0.1, 0.15) is 11.5 Å². The summed E-state index contributed by atoms with van der Waals surface area (Å²) in [4.78, 5) is 21.4. The van der Waals surface area contributed by atoms with Crippen LogP contribution in [0.4, 0.5) is 0 Å². The summed E-state index contributed by atoms with van der Waals surface area (Å²) < 4.78 is 11.1. The van der Waals surface area contributed by atoms with E-state index in [2.05, 4.69) is 9.97 Å². The van der Waals surface area contributed by atoms with Gasteiger partial charge in [-0.3, -0.25) is 4.79 Å². The van der Waals surface area contributed by atoms with Crippen molar-refractivity contribution in [2.75, 3.05) is 13.2 Å². The standard InChI is InChI=1S/C23H22N2O3/c1-3-27-19-11-13-22(28-4-2)20(14-19)21(26)12-10-17-15-24-23(25-16-17)18-8-6-5-7-9-18/h5-16H,3-4H2,1-2H3/b12-10+. The molecule has 0 amide bonds. The summed E-state index contributed by atoms with van der Waals surface area (Å²) in [5.74, 6) is 1.65. The Balaban J connectivity index is 1.78. The molecule has 0 fully saturated rings. The van der Waals surface area contributed by atoms with E-state index in [4.69, 9.17) is 9.47 Å². The SMILES string of the molecule is CCOc1ccc(OCC)c(C(=O)/C=C/c2cnc(-c3ccccc3)nc2)c1. The maximum absolute atomic E-state index is 12.7. The Hall–Kier alpha value is -3.47. The molecule has 1 aromatic heterocycles. The van der Waals surface area contributed by atoms with Crippen molar-refractivity contribution in [1.29, 1.82) is 0 Å². The summed E-state index contributed by atoms with van der Waals surface area (Å²) in [5, 5.41) is 0. The molecule has 0 unspecified atom stereocenters. The Bertz CT molecular complexity index is 951. The highest BCUT2D eigenvalue weighted by Gasteiger charge is 2.12. The highest BCUT2D eigenvalue weighted by Crippen LogP contribution is 2.25. The Kier molecular flexibility index (Phi) is 6.52. The van der Waals surface area contributed by atoms with Crippen LogP contribution < -0.4 is 9.47 Å². The number of ether oxygens (including phenoxy) is 2. The van der Waals surface area contributed by atoms with E-state index in [1.807, 2.05) is 44.2 Å². The number of hydrogen-bond donors (Lipinski definition) is 0. The number of allylic oxidation sites excluding steroid dienone is 1. The lowest BCUT2D eigenvalue weighted by atomic mass is 10.1. The van der Waals surface area contributed by atoms with Crippen LogP contribution in [0.25, 0.3) is 17.5 Å². The van der Waals surface area contributed by atoms with Crippen LogP contribution in [0.5, 0.6) is 11.5 Å². The molecule has 0 saturated heterocycles. The van der Waals surface area contributed by atoms with Gasteiger partial charge < -0.3 is 9.47 Å². The van der Waals surface area contributed by atoms with Crippen LogP contribution in [0, 0.1) is 0 Å².